The molecular formula is C40H75O5P. The van der Waals surface area contributed by atoms with E-state index in [9.17, 15) is 14.2 Å². The highest BCUT2D eigenvalue weighted by atomic mass is 31.1. The van der Waals surface area contributed by atoms with Gasteiger partial charge in [0.15, 0.2) is 0 Å². The van der Waals surface area contributed by atoms with Gasteiger partial charge in [-0.15, -0.1) is 0 Å². The molecule has 0 aliphatic carbocycles. The van der Waals surface area contributed by atoms with Crippen LogP contribution in [0.15, 0.2) is 23.3 Å². The summed E-state index contributed by atoms with van der Waals surface area (Å²) in [5, 5.41) is 0. The zero-order valence-corrected chi connectivity index (χ0v) is 32.9. The van der Waals surface area contributed by atoms with Gasteiger partial charge in [0, 0.05) is 12.2 Å². The maximum Gasteiger partial charge on any atom is 0.423 e. The van der Waals surface area contributed by atoms with Crippen LogP contribution >= 0.6 is 8.25 Å². The molecule has 0 fully saturated rings. The Hall–Kier alpha value is -1.35. The molecule has 0 aliphatic heterocycles. The lowest BCUT2D eigenvalue weighted by atomic mass is 9.91. The highest BCUT2D eigenvalue weighted by Crippen LogP contribution is 2.27. The third-order valence-electron chi connectivity index (χ3n) is 9.38. The van der Waals surface area contributed by atoms with Crippen LogP contribution in [0.1, 0.15) is 185 Å². The topological polar surface area (TPSA) is 69.7 Å². The zero-order valence-electron chi connectivity index (χ0n) is 31.9. The zero-order chi connectivity index (χ0) is 34.9. The van der Waals surface area contributed by atoms with E-state index in [1.807, 2.05) is 13.8 Å². The van der Waals surface area contributed by atoms with Crippen molar-refractivity contribution in [3.63, 3.8) is 0 Å². The Labute approximate surface area is 286 Å². The van der Waals surface area contributed by atoms with E-state index in [1.54, 1.807) is 0 Å². The Bertz CT molecular complexity index is 820. The molecule has 0 aromatic rings. The number of hydrogen-bond acceptors (Lipinski definition) is 5. The standard InChI is InChI=1S/C40H75O5P/c1-31(2)17-11-19-33(5)21-13-23-35(7)25-15-27-37(9)29-39(41)44-46(43)45-40(42)30-38(10)28-16-26-36(8)24-14-22-34(6)20-12-18-32(3)4/h29-36,46H,11-28H2,1-10H3/b37-29+,38-30+/t33-,34-,35-,36-/m1/s1. The quantitative estimate of drug-likeness (QED) is 0.0614. The Morgan fingerprint density at radius 1 is 0.478 bits per heavy atom. The Morgan fingerprint density at radius 3 is 1.02 bits per heavy atom. The monoisotopic (exact) mass is 667 g/mol. The van der Waals surface area contributed by atoms with E-state index in [0.29, 0.717) is 11.8 Å². The largest absolute Gasteiger partial charge is 0.423 e. The van der Waals surface area contributed by atoms with Crippen molar-refractivity contribution < 1.29 is 23.2 Å². The third kappa shape index (κ3) is 28.8. The highest BCUT2D eigenvalue weighted by molar-refractivity contribution is 7.34. The lowest BCUT2D eigenvalue weighted by molar-refractivity contribution is -0.132. The maximum atomic E-state index is 12.2. The fraction of sp³-hybridized carbons (Fsp3) is 0.850. The van der Waals surface area contributed by atoms with Crippen molar-refractivity contribution in [3.05, 3.63) is 23.3 Å². The van der Waals surface area contributed by atoms with Gasteiger partial charge in [-0.2, -0.15) is 0 Å². The molecule has 0 aromatic carbocycles. The molecule has 5 nitrogen and oxygen atoms in total. The Kier molecular flexibility index (Phi) is 26.8. The number of hydrogen-bond donors (Lipinski definition) is 0. The minimum absolute atomic E-state index is 0.668. The number of allylic oxidation sites excluding steroid dienone is 2. The normalized spacial score (nSPS) is 15.3. The van der Waals surface area contributed by atoms with E-state index >= 15 is 0 Å². The second-order valence-corrected chi connectivity index (χ2v) is 16.7. The third-order valence-corrected chi connectivity index (χ3v) is 10.1. The van der Waals surface area contributed by atoms with Crippen LogP contribution in [0.5, 0.6) is 0 Å². The molecule has 0 rings (SSSR count). The smallest absolute Gasteiger partial charge is 0.382 e. The molecular weight excluding hydrogens is 591 g/mol. The molecule has 0 saturated carbocycles. The summed E-state index contributed by atoms with van der Waals surface area (Å²) >= 11 is 0. The molecule has 0 radical (unpaired) electrons. The summed E-state index contributed by atoms with van der Waals surface area (Å²) in [6.07, 6.45) is 24.3. The van der Waals surface area contributed by atoms with Gasteiger partial charge in [0.2, 0.25) is 0 Å². The van der Waals surface area contributed by atoms with Crippen molar-refractivity contribution in [1.29, 1.82) is 0 Å². The average Bonchev–Trinajstić information content (AvgIpc) is 2.92. The van der Waals surface area contributed by atoms with Gasteiger partial charge >= 0.3 is 20.2 Å². The van der Waals surface area contributed by atoms with E-state index in [2.05, 4.69) is 55.4 Å². The lowest BCUT2D eigenvalue weighted by Crippen LogP contribution is -2.02. The molecule has 270 valence electrons. The first-order valence-electron chi connectivity index (χ1n) is 19.0. The number of carbonyl (C=O) groups is 2. The van der Waals surface area contributed by atoms with Crippen LogP contribution in [0.2, 0.25) is 0 Å². The molecule has 0 spiro atoms. The number of rotatable bonds is 28. The minimum Gasteiger partial charge on any atom is -0.382 e. The van der Waals surface area contributed by atoms with Gasteiger partial charge in [-0.05, 0) is 75.0 Å². The fourth-order valence-corrected chi connectivity index (χ4v) is 6.69. The van der Waals surface area contributed by atoms with Crippen molar-refractivity contribution >= 4 is 20.2 Å². The summed E-state index contributed by atoms with van der Waals surface area (Å²) in [6, 6.07) is 0. The van der Waals surface area contributed by atoms with Crippen molar-refractivity contribution in [1.82, 2.24) is 0 Å². The Balaban J connectivity index is 4.14. The summed E-state index contributed by atoms with van der Waals surface area (Å²) in [4.78, 5) is 24.4. The van der Waals surface area contributed by atoms with Gasteiger partial charge in [-0.25, -0.2) is 14.2 Å². The van der Waals surface area contributed by atoms with Gasteiger partial charge in [-0.1, -0.05) is 156 Å². The van der Waals surface area contributed by atoms with E-state index < -0.39 is 20.2 Å². The van der Waals surface area contributed by atoms with Crippen molar-refractivity contribution in [2.24, 2.45) is 35.5 Å². The van der Waals surface area contributed by atoms with Gasteiger partial charge in [0.25, 0.3) is 0 Å². The molecule has 46 heavy (non-hydrogen) atoms. The van der Waals surface area contributed by atoms with Crippen LogP contribution in [0.4, 0.5) is 0 Å². The first kappa shape index (κ1) is 44.6. The molecule has 0 amide bonds. The highest BCUT2D eigenvalue weighted by Gasteiger charge is 2.12. The predicted molar refractivity (Wildman–Crippen MR) is 198 cm³/mol. The van der Waals surface area contributed by atoms with Crippen LogP contribution in [0.25, 0.3) is 0 Å². The second kappa shape index (κ2) is 27.6. The second-order valence-electron chi connectivity index (χ2n) is 15.8. The van der Waals surface area contributed by atoms with Gasteiger partial charge in [-0.3, -0.25) is 0 Å². The summed E-state index contributed by atoms with van der Waals surface area (Å²) < 4.78 is 21.9. The first-order chi connectivity index (χ1) is 21.7. The molecule has 0 heterocycles. The van der Waals surface area contributed by atoms with E-state index in [0.717, 1.165) is 73.3 Å². The molecule has 6 heteroatoms. The molecule has 0 unspecified atom stereocenters. The van der Waals surface area contributed by atoms with Crippen molar-refractivity contribution in [2.45, 2.75) is 185 Å². The molecule has 0 aromatic heterocycles. The van der Waals surface area contributed by atoms with Crippen molar-refractivity contribution in [3.8, 4) is 0 Å². The van der Waals surface area contributed by atoms with E-state index in [4.69, 9.17) is 9.05 Å². The van der Waals surface area contributed by atoms with Gasteiger partial charge in [0.1, 0.15) is 0 Å². The maximum absolute atomic E-state index is 12.2. The summed E-state index contributed by atoms with van der Waals surface area (Å²) in [7, 11) is -3.24. The fourth-order valence-electron chi connectivity index (χ4n) is 6.21. The van der Waals surface area contributed by atoms with Crippen LogP contribution in [-0.4, -0.2) is 11.9 Å². The SMILES string of the molecule is C/C(=C\C(=O)O[PH](=O)OC(=O)/C=C(\C)CCC[C@H](C)CCC[C@H](C)CCCC(C)C)CCC[C@H](C)CCC[C@H](C)CCCC(C)C. The van der Waals surface area contributed by atoms with E-state index in [1.165, 1.54) is 89.2 Å². The molecule has 0 N–H and O–H groups in total. The molecule has 4 atom stereocenters. The van der Waals surface area contributed by atoms with E-state index in [-0.39, 0.29) is 0 Å². The van der Waals surface area contributed by atoms with Crippen LogP contribution in [0.3, 0.4) is 0 Å². The molecule has 0 aliphatic rings. The van der Waals surface area contributed by atoms with Crippen LogP contribution < -0.4 is 0 Å². The number of carbonyl (C=O) groups excluding carboxylic acids is 2. The summed E-state index contributed by atoms with van der Waals surface area (Å²) in [6.45, 7) is 22.3. The summed E-state index contributed by atoms with van der Waals surface area (Å²) in [5.41, 5.74) is 1.77. The summed E-state index contributed by atoms with van der Waals surface area (Å²) in [5.74, 6) is 3.13. The Morgan fingerprint density at radius 2 is 0.739 bits per heavy atom. The average molecular weight is 667 g/mol. The van der Waals surface area contributed by atoms with Crippen molar-refractivity contribution in [2.75, 3.05) is 0 Å². The van der Waals surface area contributed by atoms with Crippen LogP contribution in [-0.2, 0) is 23.2 Å². The first-order valence-corrected chi connectivity index (χ1v) is 20.2. The van der Waals surface area contributed by atoms with Crippen LogP contribution in [0, 0.1) is 35.5 Å². The predicted octanol–water partition coefficient (Wildman–Crippen LogP) is 13.2. The molecule has 0 saturated heterocycles. The lowest BCUT2D eigenvalue weighted by Gasteiger charge is -2.15. The minimum atomic E-state index is -3.24. The molecule has 0 bridgehead atoms. The van der Waals surface area contributed by atoms with Gasteiger partial charge in [0.05, 0.1) is 0 Å². The van der Waals surface area contributed by atoms with Gasteiger partial charge < -0.3 is 9.05 Å².